The van der Waals surface area contributed by atoms with E-state index >= 15 is 0 Å². The Morgan fingerprint density at radius 1 is 0.913 bits per heavy atom. The van der Waals surface area contributed by atoms with E-state index in [4.69, 9.17) is 0 Å². The van der Waals surface area contributed by atoms with Gasteiger partial charge in [0.2, 0.25) is 0 Å². The van der Waals surface area contributed by atoms with Crippen molar-refractivity contribution in [3.8, 4) is 0 Å². The fraction of sp³-hybridized carbons (Fsp3) is 0.176. The van der Waals surface area contributed by atoms with E-state index in [1.54, 1.807) is 25.3 Å². The Morgan fingerprint density at radius 3 is 1.96 bits per heavy atom. The summed E-state index contributed by atoms with van der Waals surface area (Å²) in [5.41, 5.74) is 4.10. The lowest BCUT2D eigenvalue weighted by atomic mass is 10.1. The van der Waals surface area contributed by atoms with Gasteiger partial charge in [-0.15, -0.1) is 0 Å². The van der Waals surface area contributed by atoms with Gasteiger partial charge in [0, 0.05) is 25.5 Å². The fourth-order valence-electron chi connectivity index (χ4n) is 2.25. The number of rotatable bonds is 5. The molecule has 2 aromatic carbocycles. The molecular formula is C17H20N2O3S. The first-order chi connectivity index (χ1) is 10.8. The second-order valence-corrected chi connectivity index (χ2v) is 6.52. The van der Waals surface area contributed by atoms with Crippen LogP contribution in [-0.4, -0.2) is 27.1 Å². The normalized spacial score (nSPS) is 11.7. The average Bonchev–Trinajstić information content (AvgIpc) is 2.52. The summed E-state index contributed by atoms with van der Waals surface area (Å²) >= 11 is 0. The highest BCUT2D eigenvalue weighted by Crippen LogP contribution is 2.23. The van der Waals surface area contributed by atoms with E-state index in [-0.39, 0.29) is 4.90 Å². The van der Waals surface area contributed by atoms with Gasteiger partial charge < -0.3 is 10.6 Å². The van der Waals surface area contributed by atoms with Crippen LogP contribution >= 0.6 is 0 Å². The number of hydrogen-bond acceptors (Lipinski definition) is 4. The zero-order valence-corrected chi connectivity index (χ0v) is 14.1. The largest absolute Gasteiger partial charge is 0.388 e. The number of nitrogens with one attached hydrogen (secondary N) is 2. The predicted octanol–water partition coefficient (Wildman–Crippen LogP) is 3.50. The molecular weight excluding hydrogens is 312 g/mol. The molecule has 0 aliphatic heterocycles. The van der Waals surface area contributed by atoms with Crippen molar-refractivity contribution in [2.24, 2.45) is 0 Å². The van der Waals surface area contributed by atoms with Gasteiger partial charge in [0.1, 0.15) is 4.90 Å². The molecule has 122 valence electrons. The van der Waals surface area contributed by atoms with Crippen molar-refractivity contribution in [3.05, 3.63) is 53.1 Å². The lowest BCUT2D eigenvalue weighted by molar-refractivity contribution is 0.483. The Bertz CT molecular complexity index is 843. The molecule has 0 saturated carbocycles. The van der Waals surface area contributed by atoms with Crippen LogP contribution in [0.5, 0.6) is 0 Å². The van der Waals surface area contributed by atoms with Gasteiger partial charge in [-0.25, -0.2) is 0 Å². The quantitative estimate of drug-likeness (QED) is 0.577. The molecule has 0 atom stereocenters. The molecule has 5 nitrogen and oxygen atoms in total. The zero-order valence-electron chi connectivity index (χ0n) is 13.3. The van der Waals surface area contributed by atoms with Gasteiger partial charge in [0.15, 0.2) is 0 Å². The molecule has 0 saturated heterocycles. The van der Waals surface area contributed by atoms with Crippen LogP contribution in [0.4, 0.5) is 11.4 Å². The van der Waals surface area contributed by atoms with E-state index in [1.807, 2.05) is 38.2 Å². The summed E-state index contributed by atoms with van der Waals surface area (Å²) in [6.45, 7) is 1.98. The molecule has 6 heteroatoms. The minimum absolute atomic E-state index is 0.120. The third-order valence-electron chi connectivity index (χ3n) is 3.58. The summed E-state index contributed by atoms with van der Waals surface area (Å²) in [4.78, 5) is -0.120. The summed E-state index contributed by atoms with van der Waals surface area (Å²) in [5.74, 6) is 0. The van der Waals surface area contributed by atoms with Crippen LogP contribution in [0.25, 0.3) is 12.2 Å². The maximum atomic E-state index is 11.6. The maximum Gasteiger partial charge on any atom is 0.295 e. The average molecular weight is 332 g/mol. The highest BCUT2D eigenvalue weighted by Gasteiger charge is 2.14. The molecule has 0 aromatic heterocycles. The predicted molar refractivity (Wildman–Crippen MR) is 95.5 cm³/mol. The Labute approximate surface area is 136 Å². The molecule has 3 N–H and O–H groups in total. The molecule has 0 amide bonds. The van der Waals surface area contributed by atoms with Crippen molar-refractivity contribution in [1.29, 1.82) is 0 Å². The standard InChI is InChI=1S/C17H20N2O3S/c1-12-10-15(18-2)8-6-13(12)4-5-14-7-9-16(19-3)11-17(14)23(20,21)22/h4-11,18-19H,1-3H3,(H,20,21,22)/b5-4+. The number of benzene rings is 2. The zero-order chi connectivity index (χ0) is 17.0. The summed E-state index contributed by atoms with van der Waals surface area (Å²) < 4.78 is 32.6. The number of anilines is 2. The highest BCUT2D eigenvalue weighted by atomic mass is 32.2. The van der Waals surface area contributed by atoms with E-state index in [0.717, 1.165) is 16.8 Å². The molecule has 0 bridgehead atoms. The molecule has 0 aliphatic rings. The van der Waals surface area contributed by atoms with Crippen molar-refractivity contribution in [1.82, 2.24) is 0 Å². The fourth-order valence-corrected chi connectivity index (χ4v) is 2.96. The van der Waals surface area contributed by atoms with Gasteiger partial charge >= 0.3 is 0 Å². The first-order valence-electron chi connectivity index (χ1n) is 7.11. The van der Waals surface area contributed by atoms with Crippen molar-refractivity contribution in [2.45, 2.75) is 11.8 Å². The molecule has 23 heavy (non-hydrogen) atoms. The van der Waals surface area contributed by atoms with Gasteiger partial charge in [-0.05, 0) is 47.9 Å². The van der Waals surface area contributed by atoms with Crippen molar-refractivity contribution in [2.75, 3.05) is 24.7 Å². The van der Waals surface area contributed by atoms with Gasteiger partial charge in [-0.1, -0.05) is 24.3 Å². The number of hydrogen-bond donors (Lipinski definition) is 3. The van der Waals surface area contributed by atoms with Crippen molar-refractivity contribution in [3.63, 3.8) is 0 Å². The van der Waals surface area contributed by atoms with Crippen LogP contribution < -0.4 is 10.6 Å². The Hall–Kier alpha value is -2.31. The summed E-state index contributed by atoms with van der Waals surface area (Å²) in [5, 5.41) is 5.92. The van der Waals surface area contributed by atoms with Crippen LogP contribution in [0.15, 0.2) is 41.3 Å². The molecule has 0 heterocycles. The molecule has 2 aromatic rings. The Balaban J connectivity index is 2.43. The van der Waals surface area contributed by atoms with Gasteiger partial charge in [-0.3, -0.25) is 4.55 Å². The van der Waals surface area contributed by atoms with E-state index < -0.39 is 10.1 Å². The second kappa shape index (κ2) is 6.85. The second-order valence-electron chi connectivity index (χ2n) is 5.13. The SMILES string of the molecule is CNc1ccc(/C=C/c2ccc(NC)cc2S(=O)(=O)O)c(C)c1. The summed E-state index contributed by atoms with van der Waals surface area (Å²) in [6, 6.07) is 10.7. The molecule has 2 rings (SSSR count). The molecule has 0 radical (unpaired) electrons. The maximum absolute atomic E-state index is 11.6. The minimum Gasteiger partial charge on any atom is -0.388 e. The Morgan fingerprint density at radius 2 is 1.43 bits per heavy atom. The van der Waals surface area contributed by atoms with E-state index in [0.29, 0.717) is 11.3 Å². The van der Waals surface area contributed by atoms with Gasteiger partial charge in [-0.2, -0.15) is 8.42 Å². The van der Waals surface area contributed by atoms with Crippen LogP contribution in [-0.2, 0) is 10.1 Å². The van der Waals surface area contributed by atoms with Crippen LogP contribution in [0.3, 0.4) is 0 Å². The molecule has 0 spiro atoms. The summed E-state index contributed by atoms with van der Waals surface area (Å²) in [7, 11) is -0.754. The van der Waals surface area contributed by atoms with Crippen LogP contribution in [0.1, 0.15) is 16.7 Å². The topological polar surface area (TPSA) is 78.4 Å². The lowest BCUT2D eigenvalue weighted by Gasteiger charge is -2.08. The monoisotopic (exact) mass is 332 g/mol. The minimum atomic E-state index is -4.29. The third kappa shape index (κ3) is 4.12. The molecule has 0 unspecified atom stereocenters. The highest BCUT2D eigenvalue weighted by molar-refractivity contribution is 7.86. The lowest BCUT2D eigenvalue weighted by Crippen LogP contribution is -2.02. The summed E-state index contributed by atoms with van der Waals surface area (Å²) in [6.07, 6.45) is 3.52. The van der Waals surface area contributed by atoms with Crippen molar-refractivity contribution < 1.29 is 13.0 Å². The van der Waals surface area contributed by atoms with E-state index in [2.05, 4.69) is 10.6 Å². The van der Waals surface area contributed by atoms with Gasteiger partial charge in [0.25, 0.3) is 10.1 Å². The molecule has 0 fully saturated rings. The van der Waals surface area contributed by atoms with Crippen LogP contribution in [0, 0.1) is 6.92 Å². The Kier molecular flexibility index (Phi) is 5.08. The van der Waals surface area contributed by atoms with E-state index in [1.165, 1.54) is 6.07 Å². The first-order valence-corrected chi connectivity index (χ1v) is 8.55. The number of aryl methyl sites for hydroxylation is 1. The molecule has 0 aliphatic carbocycles. The van der Waals surface area contributed by atoms with Gasteiger partial charge in [0.05, 0.1) is 0 Å². The van der Waals surface area contributed by atoms with Crippen LogP contribution in [0.2, 0.25) is 0 Å². The first kappa shape index (κ1) is 17.1. The van der Waals surface area contributed by atoms with E-state index in [9.17, 15) is 13.0 Å². The smallest absolute Gasteiger partial charge is 0.295 e. The third-order valence-corrected chi connectivity index (χ3v) is 4.49. The van der Waals surface area contributed by atoms with Crippen molar-refractivity contribution >= 4 is 33.6 Å².